The van der Waals surface area contributed by atoms with E-state index in [0.717, 1.165) is 11.3 Å². The average molecular weight is 264 g/mol. The number of rotatable bonds is 6. The second-order valence-corrected chi connectivity index (χ2v) is 5.49. The van der Waals surface area contributed by atoms with E-state index >= 15 is 0 Å². The van der Waals surface area contributed by atoms with E-state index in [0.29, 0.717) is 24.9 Å². The topological polar surface area (TPSA) is 35.5 Å². The maximum absolute atomic E-state index is 11.5. The molecule has 0 heterocycles. The molecule has 0 unspecified atom stereocenters. The third-order valence-electron chi connectivity index (χ3n) is 2.89. The third kappa shape index (κ3) is 4.93. The molecular weight excluding hydrogens is 240 g/mol. The summed E-state index contributed by atoms with van der Waals surface area (Å²) in [4.78, 5) is 11.5. The van der Waals surface area contributed by atoms with Crippen molar-refractivity contribution in [2.45, 2.75) is 46.6 Å². The van der Waals surface area contributed by atoms with Crippen molar-refractivity contribution < 1.29 is 14.3 Å². The van der Waals surface area contributed by atoms with Crippen molar-refractivity contribution in [1.29, 1.82) is 0 Å². The predicted octanol–water partition coefficient (Wildman–Crippen LogP) is 3.91. The van der Waals surface area contributed by atoms with Gasteiger partial charge >= 0.3 is 5.97 Å². The molecule has 0 N–H and O–H groups in total. The number of carbonyl (C=O) groups is 1. The number of esters is 1. The molecule has 0 radical (unpaired) electrons. The van der Waals surface area contributed by atoms with Crippen molar-refractivity contribution in [3.63, 3.8) is 0 Å². The lowest BCUT2D eigenvalue weighted by Gasteiger charge is -2.13. The second-order valence-electron chi connectivity index (χ2n) is 5.49. The number of ether oxygens (including phenoxy) is 2. The lowest BCUT2D eigenvalue weighted by Crippen LogP contribution is -2.08. The molecule has 0 aliphatic carbocycles. The smallest absolute Gasteiger partial charge is 0.306 e. The lowest BCUT2D eigenvalue weighted by atomic mass is 10.0. The standard InChI is InChI=1S/C16H24O3/c1-11(2)8-16(17)19-10-13-6-7-14(12(3)4)15(9-13)18-5/h6-7,9,11-12H,8,10H2,1-5H3. The Morgan fingerprint density at radius 2 is 1.89 bits per heavy atom. The fourth-order valence-corrected chi connectivity index (χ4v) is 1.88. The van der Waals surface area contributed by atoms with E-state index in [-0.39, 0.29) is 5.97 Å². The Kier molecular flexibility index (Phi) is 5.87. The van der Waals surface area contributed by atoms with Crippen LogP contribution < -0.4 is 4.74 Å². The molecule has 0 fully saturated rings. The maximum atomic E-state index is 11.5. The van der Waals surface area contributed by atoms with Crippen LogP contribution in [0.1, 0.15) is 51.2 Å². The molecule has 0 amide bonds. The first kappa shape index (κ1) is 15.5. The minimum atomic E-state index is -0.151. The van der Waals surface area contributed by atoms with Crippen LogP contribution in [0.15, 0.2) is 18.2 Å². The highest BCUT2D eigenvalue weighted by molar-refractivity contribution is 5.69. The molecule has 0 spiro atoms. The van der Waals surface area contributed by atoms with Crippen LogP contribution in [-0.2, 0) is 16.1 Å². The van der Waals surface area contributed by atoms with Crippen LogP contribution in [0.4, 0.5) is 0 Å². The van der Waals surface area contributed by atoms with Gasteiger partial charge in [-0.15, -0.1) is 0 Å². The Bertz CT molecular complexity index is 422. The van der Waals surface area contributed by atoms with Crippen LogP contribution in [0, 0.1) is 5.92 Å². The van der Waals surface area contributed by atoms with Crippen molar-refractivity contribution in [2.24, 2.45) is 5.92 Å². The van der Waals surface area contributed by atoms with E-state index < -0.39 is 0 Å². The molecule has 0 aromatic heterocycles. The van der Waals surface area contributed by atoms with Gasteiger partial charge in [0.15, 0.2) is 0 Å². The fraction of sp³-hybridized carbons (Fsp3) is 0.562. The Balaban J connectivity index is 2.67. The summed E-state index contributed by atoms with van der Waals surface area (Å²) in [6.07, 6.45) is 0.460. The van der Waals surface area contributed by atoms with Gasteiger partial charge in [0.25, 0.3) is 0 Å². The Hall–Kier alpha value is -1.51. The number of benzene rings is 1. The summed E-state index contributed by atoms with van der Waals surface area (Å²) < 4.78 is 10.6. The van der Waals surface area contributed by atoms with Crippen molar-refractivity contribution >= 4 is 5.97 Å². The Labute approximate surface area is 115 Å². The molecule has 19 heavy (non-hydrogen) atoms. The number of methoxy groups -OCH3 is 1. The van der Waals surface area contributed by atoms with Crippen LogP contribution in [0.2, 0.25) is 0 Å². The van der Waals surface area contributed by atoms with Gasteiger partial charge in [-0.2, -0.15) is 0 Å². The predicted molar refractivity (Wildman–Crippen MR) is 76.3 cm³/mol. The van der Waals surface area contributed by atoms with E-state index in [2.05, 4.69) is 13.8 Å². The molecule has 0 aliphatic heterocycles. The Morgan fingerprint density at radius 3 is 2.42 bits per heavy atom. The highest BCUT2D eigenvalue weighted by Gasteiger charge is 2.10. The van der Waals surface area contributed by atoms with Gasteiger partial charge < -0.3 is 9.47 Å². The summed E-state index contributed by atoms with van der Waals surface area (Å²) in [6.45, 7) is 8.56. The van der Waals surface area contributed by atoms with E-state index in [1.165, 1.54) is 5.56 Å². The van der Waals surface area contributed by atoms with Gasteiger partial charge in [-0.1, -0.05) is 39.8 Å². The molecule has 1 aromatic rings. The van der Waals surface area contributed by atoms with Crippen LogP contribution >= 0.6 is 0 Å². The van der Waals surface area contributed by atoms with Crippen LogP contribution in [0.5, 0.6) is 5.75 Å². The molecule has 1 aromatic carbocycles. The van der Waals surface area contributed by atoms with E-state index in [1.54, 1.807) is 7.11 Å². The van der Waals surface area contributed by atoms with Crippen molar-refractivity contribution in [3.05, 3.63) is 29.3 Å². The first-order valence-corrected chi connectivity index (χ1v) is 6.76. The van der Waals surface area contributed by atoms with E-state index in [4.69, 9.17) is 9.47 Å². The average Bonchev–Trinajstić information content (AvgIpc) is 2.34. The molecule has 0 bridgehead atoms. The number of hydrogen-bond donors (Lipinski definition) is 0. The van der Waals surface area contributed by atoms with Crippen molar-refractivity contribution in [1.82, 2.24) is 0 Å². The zero-order chi connectivity index (χ0) is 14.4. The molecule has 1 rings (SSSR count). The largest absolute Gasteiger partial charge is 0.496 e. The second kappa shape index (κ2) is 7.17. The maximum Gasteiger partial charge on any atom is 0.306 e. The summed E-state index contributed by atoms with van der Waals surface area (Å²) >= 11 is 0. The van der Waals surface area contributed by atoms with Crippen molar-refractivity contribution in [3.8, 4) is 5.75 Å². The zero-order valence-corrected chi connectivity index (χ0v) is 12.5. The first-order valence-electron chi connectivity index (χ1n) is 6.76. The Morgan fingerprint density at radius 1 is 1.21 bits per heavy atom. The summed E-state index contributed by atoms with van der Waals surface area (Å²) in [5, 5.41) is 0. The minimum Gasteiger partial charge on any atom is -0.496 e. The highest BCUT2D eigenvalue weighted by Crippen LogP contribution is 2.27. The van der Waals surface area contributed by atoms with Crippen LogP contribution in [0.3, 0.4) is 0 Å². The monoisotopic (exact) mass is 264 g/mol. The van der Waals surface area contributed by atoms with Gasteiger partial charge in [0.2, 0.25) is 0 Å². The quantitative estimate of drug-likeness (QED) is 0.731. The van der Waals surface area contributed by atoms with Gasteiger partial charge in [0.05, 0.1) is 7.11 Å². The molecule has 3 nitrogen and oxygen atoms in total. The van der Waals surface area contributed by atoms with Gasteiger partial charge in [-0.05, 0) is 29.0 Å². The number of carbonyl (C=O) groups excluding carboxylic acids is 1. The summed E-state index contributed by atoms with van der Waals surface area (Å²) in [6, 6.07) is 5.97. The highest BCUT2D eigenvalue weighted by atomic mass is 16.5. The van der Waals surface area contributed by atoms with Gasteiger partial charge in [-0.25, -0.2) is 0 Å². The van der Waals surface area contributed by atoms with Gasteiger partial charge in [0, 0.05) is 6.42 Å². The normalized spacial score (nSPS) is 10.9. The van der Waals surface area contributed by atoms with E-state index in [1.807, 2.05) is 32.0 Å². The molecule has 106 valence electrons. The minimum absolute atomic E-state index is 0.151. The lowest BCUT2D eigenvalue weighted by molar-refractivity contribution is -0.145. The molecular formula is C16H24O3. The molecule has 0 atom stereocenters. The summed E-state index contributed by atoms with van der Waals surface area (Å²) in [7, 11) is 1.66. The third-order valence-corrected chi connectivity index (χ3v) is 2.89. The number of hydrogen-bond acceptors (Lipinski definition) is 3. The zero-order valence-electron chi connectivity index (χ0n) is 12.5. The van der Waals surface area contributed by atoms with Gasteiger partial charge in [0.1, 0.15) is 12.4 Å². The van der Waals surface area contributed by atoms with Crippen LogP contribution in [0.25, 0.3) is 0 Å². The first-order chi connectivity index (χ1) is 8.93. The SMILES string of the molecule is COc1cc(COC(=O)CC(C)C)ccc1C(C)C. The van der Waals surface area contributed by atoms with Crippen LogP contribution in [-0.4, -0.2) is 13.1 Å². The van der Waals surface area contributed by atoms with Gasteiger partial charge in [-0.3, -0.25) is 4.79 Å². The molecule has 3 heteroatoms. The van der Waals surface area contributed by atoms with Crippen molar-refractivity contribution in [2.75, 3.05) is 7.11 Å². The fourth-order valence-electron chi connectivity index (χ4n) is 1.88. The molecule has 0 saturated heterocycles. The summed E-state index contributed by atoms with van der Waals surface area (Å²) in [5.74, 6) is 1.44. The molecule has 0 saturated carbocycles. The van der Waals surface area contributed by atoms with E-state index in [9.17, 15) is 4.79 Å². The molecule has 0 aliphatic rings. The summed E-state index contributed by atoms with van der Waals surface area (Å²) in [5.41, 5.74) is 2.12.